The van der Waals surface area contributed by atoms with Crippen molar-refractivity contribution in [2.24, 2.45) is 18.9 Å². The Hall–Kier alpha value is -1.41. The minimum absolute atomic E-state index is 0.0475. The summed E-state index contributed by atoms with van der Waals surface area (Å²) >= 11 is 0. The van der Waals surface area contributed by atoms with Crippen molar-refractivity contribution in [3.05, 3.63) is 12.0 Å². The van der Waals surface area contributed by atoms with Gasteiger partial charge in [0.05, 0.1) is 0 Å². The largest absolute Gasteiger partial charge is 0.353 e. The Kier molecular flexibility index (Phi) is 6.26. The highest BCUT2D eigenvalue weighted by Crippen LogP contribution is 2.24. The van der Waals surface area contributed by atoms with E-state index in [-0.39, 0.29) is 22.9 Å². The molecular weight excluding hydrogens is 340 g/mol. The number of imidazole rings is 1. The fourth-order valence-electron chi connectivity index (χ4n) is 3.18. The van der Waals surface area contributed by atoms with Gasteiger partial charge in [0.1, 0.15) is 5.82 Å². The molecule has 2 heterocycles. The predicted molar refractivity (Wildman–Crippen MR) is 96.5 cm³/mol. The fraction of sp³-hybridized carbons (Fsp3) is 0.765. The standard InChI is InChI=1S/C17H30N4O3S/c1-6-15(12(2)3)19-17(22)14-7-9-21(10-8-14)25(23,24)16-11-20(5)13(4)18-16/h11-12,14-15H,6-10H2,1-5H3,(H,19,22). The van der Waals surface area contributed by atoms with Crippen molar-refractivity contribution >= 4 is 15.9 Å². The predicted octanol–water partition coefficient (Wildman–Crippen LogP) is 1.68. The molecule has 142 valence electrons. The van der Waals surface area contributed by atoms with Crippen molar-refractivity contribution in [1.29, 1.82) is 0 Å². The number of rotatable bonds is 6. The van der Waals surface area contributed by atoms with Crippen LogP contribution in [0, 0.1) is 18.8 Å². The molecule has 1 N–H and O–H groups in total. The number of amides is 1. The van der Waals surface area contributed by atoms with Crippen LogP contribution < -0.4 is 5.32 Å². The van der Waals surface area contributed by atoms with Crippen molar-refractivity contribution in [2.75, 3.05) is 13.1 Å². The van der Waals surface area contributed by atoms with Crippen molar-refractivity contribution in [3.63, 3.8) is 0 Å². The third-order valence-corrected chi connectivity index (χ3v) is 6.86. The summed E-state index contributed by atoms with van der Waals surface area (Å²) in [6, 6.07) is 0.172. The zero-order chi connectivity index (χ0) is 18.8. The summed E-state index contributed by atoms with van der Waals surface area (Å²) in [5.41, 5.74) is 0. The van der Waals surface area contributed by atoms with Crippen molar-refractivity contribution in [1.82, 2.24) is 19.2 Å². The van der Waals surface area contributed by atoms with E-state index in [9.17, 15) is 13.2 Å². The Morgan fingerprint density at radius 1 is 1.36 bits per heavy atom. The van der Waals surface area contributed by atoms with E-state index in [1.165, 1.54) is 10.5 Å². The van der Waals surface area contributed by atoms with E-state index < -0.39 is 10.0 Å². The molecule has 1 unspecified atom stereocenters. The Morgan fingerprint density at radius 3 is 2.40 bits per heavy atom. The molecule has 0 aromatic carbocycles. The van der Waals surface area contributed by atoms with Crippen LogP contribution in [0.25, 0.3) is 0 Å². The summed E-state index contributed by atoms with van der Waals surface area (Å²) in [5, 5.41) is 3.19. The van der Waals surface area contributed by atoms with E-state index in [1.54, 1.807) is 18.5 Å². The molecule has 8 heteroatoms. The molecule has 2 rings (SSSR count). The summed E-state index contributed by atoms with van der Waals surface area (Å²) in [5.74, 6) is 0.977. The number of carbonyl (C=O) groups is 1. The molecule has 0 bridgehead atoms. The number of aromatic nitrogens is 2. The van der Waals surface area contributed by atoms with Crippen molar-refractivity contribution < 1.29 is 13.2 Å². The normalized spacial score (nSPS) is 18.5. The van der Waals surface area contributed by atoms with Gasteiger partial charge in [-0.25, -0.2) is 13.4 Å². The van der Waals surface area contributed by atoms with E-state index in [2.05, 4.69) is 31.1 Å². The fourth-order valence-corrected chi connectivity index (χ4v) is 4.68. The summed E-state index contributed by atoms with van der Waals surface area (Å²) in [6.45, 7) is 8.74. The van der Waals surface area contributed by atoms with E-state index in [0.29, 0.717) is 37.7 Å². The monoisotopic (exact) mass is 370 g/mol. The highest BCUT2D eigenvalue weighted by Gasteiger charge is 2.34. The van der Waals surface area contributed by atoms with Crippen LogP contribution >= 0.6 is 0 Å². The molecule has 25 heavy (non-hydrogen) atoms. The van der Waals surface area contributed by atoms with Gasteiger partial charge in [0.15, 0.2) is 5.03 Å². The lowest BCUT2D eigenvalue weighted by molar-refractivity contribution is -0.127. The van der Waals surface area contributed by atoms with Crippen LogP contribution in [0.2, 0.25) is 0 Å². The smallest absolute Gasteiger partial charge is 0.262 e. The highest BCUT2D eigenvalue weighted by molar-refractivity contribution is 7.89. The molecule has 1 aliphatic rings. The molecule has 0 radical (unpaired) electrons. The summed E-state index contributed by atoms with van der Waals surface area (Å²) < 4.78 is 28.5. The molecule has 7 nitrogen and oxygen atoms in total. The van der Waals surface area contributed by atoms with Crippen LogP contribution in [-0.4, -0.2) is 47.3 Å². The molecular formula is C17H30N4O3S. The third kappa shape index (κ3) is 4.41. The van der Waals surface area contributed by atoms with Gasteiger partial charge in [0.2, 0.25) is 5.91 Å². The summed E-state index contributed by atoms with van der Waals surface area (Å²) in [7, 11) is -1.81. The first-order valence-corrected chi connectivity index (χ1v) is 10.4. The zero-order valence-electron chi connectivity index (χ0n) is 15.8. The average molecular weight is 371 g/mol. The molecule has 0 spiro atoms. The van der Waals surface area contributed by atoms with Gasteiger partial charge in [0, 0.05) is 38.3 Å². The van der Waals surface area contributed by atoms with Gasteiger partial charge in [-0.1, -0.05) is 20.8 Å². The quantitative estimate of drug-likeness (QED) is 0.826. The number of hydrogen-bond acceptors (Lipinski definition) is 4. The lowest BCUT2D eigenvalue weighted by Crippen LogP contribution is -2.46. The minimum Gasteiger partial charge on any atom is -0.353 e. The van der Waals surface area contributed by atoms with Gasteiger partial charge < -0.3 is 9.88 Å². The van der Waals surface area contributed by atoms with Crippen molar-refractivity contribution in [2.45, 2.75) is 58.0 Å². The topological polar surface area (TPSA) is 84.3 Å². The first kappa shape index (κ1) is 19.9. The van der Waals surface area contributed by atoms with Crippen LogP contribution in [0.5, 0.6) is 0 Å². The molecule has 1 amide bonds. The number of carbonyl (C=O) groups excluding carboxylic acids is 1. The van der Waals surface area contributed by atoms with Crippen LogP contribution in [0.3, 0.4) is 0 Å². The Balaban J connectivity index is 1.98. The number of nitrogens with zero attached hydrogens (tertiary/aromatic N) is 3. The maximum absolute atomic E-state index is 12.7. The van der Waals surface area contributed by atoms with E-state index in [1.807, 2.05) is 0 Å². The molecule has 1 fully saturated rings. The van der Waals surface area contributed by atoms with Crippen molar-refractivity contribution in [3.8, 4) is 0 Å². The van der Waals surface area contributed by atoms with Crippen LogP contribution in [0.15, 0.2) is 11.2 Å². The third-order valence-electron chi connectivity index (χ3n) is 5.09. The first-order valence-electron chi connectivity index (χ1n) is 8.97. The Morgan fingerprint density at radius 2 is 1.96 bits per heavy atom. The van der Waals surface area contributed by atoms with E-state index in [4.69, 9.17) is 0 Å². The number of piperidine rings is 1. The van der Waals surface area contributed by atoms with E-state index >= 15 is 0 Å². The zero-order valence-corrected chi connectivity index (χ0v) is 16.6. The van der Waals surface area contributed by atoms with Gasteiger partial charge in [0.25, 0.3) is 10.0 Å². The number of sulfonamides is 1. The molecule has 1 aromatic heterocycles. The SMILES string of the molecule is CCC(NC(=O)C1CCN(S(=O)(=O)c2cn(C)c(C)n2)CC1)C(C)C. The van der Waals surface area contributed by atoms with Gasteiger partial charge in [-0.05, 0) is 32.1 Å². The average Bonchev–Trinajstić information content (AvgIpc) is 2.92. The Bertz CT molecular complexity index is 684. The van der Waals surface area contributed by atoms with Crippen LogP contribution in [-0.2, 0) is 21.9 Å². The highest BCUT2D eigenvalue weighted by atomic mass is 32.2. The number of nitrogens with one attached hydrogen (secondary N) is 1. The first-order chi connectivity index (χ1) is 11.7. The molecule has 1 aliphatic heterocycles. The molecule has 0 saturated carbocycles. The second kappa shape index (κ2) is 7.86. The summed E-state index contributed by atoms with van der Waals surface area (Å²) in [6.07, 6.45) is 3.53. The van der Waals surface area contributed by atoms with Crippen LogP contribution in [0.1, 0.15) is 45.9 Å². The molecule has 1 aromatic rings. The summed E-state index contributed by atoms with van der Waals surface area (Å²) in [4.78, 5) is 16.6. The molecule has 0 aliphatic carbocycles. The number of hydrogen-bond donors (Lipinski definition) is 1. The minimum atomic E-state index is -3.58. The molecule has 1 saturated heterocycles. The van der Waals surface area contributed by atoms with Crippen LogP contribution in [0.4, 0.5) is 0 Å². The van der Waals surface area contributed by atoms with Gasteiger partial charge in [-0.3, -0.25) is 4.79 Å². The second-order valence-electron chi connectivity index (χ2n) is 7.18. The lowest BCUT2D eigenvalue weighted by atomic mass is 9.95. The van der Waals surface area contributed by atoms with Gasteiger partial charge >= 0.3 is 0 Å². The second-order valence-corrected chi connectivity index (χ2v) is 9.07. The maximum atomic E-state index is 12.7. The van der Waals surface area contributed by atoms with Gasteiger partial charge in [-0.2, -0.15) is 4.31 Å². The molecule has 1 atom stereocenters. The van der Waals surface area contributed by atoms with E-state index in [0.717, 1.165) is 6.42 Å². The lowest BCUT2D eigenvalue weighted by Gasteiger charge is -2.31. The number of aryl methyl sites for hydroxylation is 2. The Labute approximate surface area is 150 Å². The van der Waals surface area contributed by atoms with Gasteiger partial charge in [-0.15, -0.1) is 0 Å². The maximum Gasteiger partial charge on any atom is 0.262 e.